The zero-order valence-electron chi connectivity index (χ0n) is 10.2. The number of aromatic nitrogens is 4. The Hall–Kier alpha value is -1.69. The Morgan fingerprint density at radius 3 is 3.22 bits per heavy atom. The summed E-state index contributed by atoms with van der Waals surface area (Å²) in [5, 5.41) is 8.96. The van der Waals surface area contributed by atoms with Gasteiger partial charge in [0.25, 0.3) is 0 Å². The molecule has 6 nitrogen and oxygen atoms in total. The molecule has 96 valence electrons. The quantitative estimate of drug-likeness (QED) is 0.845. The molecule has 18 heavy (non-hydrogen) atoms. The standard InChI is InChI=1S/C12H17N5O/c18-6-2-4-9-3-1-5-17(9)12-10-11(14-7-13-10)15-8-16-12/h7-9,18H,1-6H2,(H,13,14,15,16). The molecule has 3 rings (SSSR count). The van der Waals surface area contributed by atoms with E-state index in [1.807, 2.05) is 0 Å². The number of hydrogen-bond acceptors (Lipinski definition) is 5. The predicted molar refractivity (Wildman–Crippen MR) is 68.4 cm³/mol. The minimum atomic E-state index is 0.258. The smallest absolute Gasteiger partial charge is 0.182 e. The number of nitrogens with zero attached hydrogens (tertiary/aromatic N) is 4. The van der Waals surface area contributed by atoms with Crippen LogP contribution in [-0.2, 0) is 0 Å². The van der Waals surface area contributed by atoms with Gasteiger partial charge in [0.2, 0.25) is 0 Å². The fraction of sp³-hybridized carbons (Fsp3) is 0.583. The third-order valence-electron chi connectivity index (χ3n) is 3.55. The van der Waals surface area contributed by atoms with Crippen LogP contribution in [0.4, 0.5) is 5.82 Å². The summed E-state index contributed by atoms with van der Waals surface area (Å²) in [6.07, 6.45) is 7.42. The van der Waals surface area contributed by atoms with E-state index in [2.05, 4.69) is 24.8 Å². The van der Waals surface area contributed by atoms with Gasteiger partial charge >= 0.3 is 0 Å². The van der Waals surface area contributed by atoms with Crippen molar-refractivity contribution in [3.05, 3.63) is 12.7 Å². The van der Waals surface area contributed by atoms with Crippen LogP contribution in [-0.4, -0.2) is 44.2 Å². The first-order valence-electron chi connectivity index (χ1n) is 6.41. The van der Waals surface area contributed by atoms with Crippen molar-refractivity contribution in [3.8, 4) is 0 Å². The van der Waals surface area contributed by atoms with E-state index in [0.29, 0.717) is 11.7 Å². The molecule has 3 heterocycles. The molecule has 2 aromatic rings. The SMILES string of the molecule is OCCCC1CCCN1c1ncnc2nc[nH]c12. The third kappa shape index (κ3) is 1.92. The average molecular weight is 247 g/mol. The predicted octanol–water partition coefficient (Wildman–Crippen LogP) is 1.09. The number of aliphatic hydroxyl groups excluding tert-OH is 1. The van der Waals surface area contributed by atoms with Crippen molar-refractivity contribution in [2.75, 3.05) is 18.1 Å². The van der Waals surface area contributed by atoms with Gasteiger partial charge in [0.1, 0.15) is 11.8 Å². The van der Waals surface area contributed by atoms with Crippen LogP contribution in [0.1, 0.15) is 25.7 Å². The van der Waals surface area contributed by atoms with Gasteiger partial charge in [-0.15, -0.1) is 0 Å². The zero-order valence-corrected chi connectivity index (χ0v) is 10.2. The molecule has 1 saturated heterocycles. The topological polar surface area (TPSA) is 77.9 Å². The highest BCUT2D eigenvalue weighted by molar-refractivity contribution is 5.82. The highest BCUT2D eigenvalue weighted by Gasteiger charge is 2.27. The maximum atomic E-state index is 8.96. The second-order valence-electron chi connectivity index (χ2n) is 4.65. The number of aliphatic hydroxyl groups is 1. The van der Waals surface area contributed by atoms with Crippen LogP contribution in [0.3, 0.4) is 0 Å². The lowest BCUT2D eigenvalue weighted by Gasteiger charge is -2.25. The van der Waals surface area contributed by atoms with Gasteiger partial charge in [-0.2, -0.15) is 0 Å². The highest BCUT2D eigenvalue weighted by Crippen LogP contribution is 2.29. The number of anilines is 1. The van der Waals surface area contributed by atoms with Gasteiger partial charge in [0.15, 0.2) is 11.5 Å². The Balaban J connectivity index is 1.90. The molecule has 2 N–H and O–H groups in total. The summed E-state index contributed by atoms with van der Waals surface area (Å²) in [6.45, 7) is 1.27. The molecule has 0 radical (unpaired) electrons. The van der Waals surface area contributed by atoms with Crippen LogP contribution in [0, 0.1) is 0 Å². The lowest BCUT2D eigenvalue weighted by Crippen LogP contribution is -2.30. The van der Waals surface area contributed by atoms with Crippen molar-refractivity contribution in [1.82, 2.24) is 19.9 Å². The van der Waals surface area contributed by atoms with Crippen LogP contribution >= 0.6 is 0 Å². The van der Waals surface area contributed by atoms with Gasteiger partial charge in [-0.1, -0.05) is 0 Å². The summed E-state index contributed by atoms with van der Waals surface area (Å²) >= 11 is 0. The van der Waals surface area contributed by atoms with Crippen LogP contribution in [0.25, 0.3) is 11.2 Å². The molecule has 1 aliphatic rings. The molecular formula is C12H17N5O. The number of H-pyrrole nitrogens is 1. The largest absolute Gasteiger partial charge is 0.396 e. The van der Waals surface area contributed by atoms with E-state index < -0.39 is 0 Å². The van der Waals surface area contributed by atoms with Gasteiger partial charge in [-0.05, 0) is 25.7 Å². The van der Waals surface area contributed by atoms with Gasteiger partial charge in [0.05, 0.1) is 6.33 Å². The van der Waals surface area contributed by atoms with Crippen LogP contribution < -0.4 is 4.90 Å². The van der Waals surface area contributed by atoms with Crippen molar-refractivity contribution >= 4 is 17.0 Å². The normalized spacial score (nSPS) is 19.8. The molecule has 0 aromatic carbocycles. The van der Waals surface area contributed by atoms with Crippen molar-refractivity contribution in [1.29, 1.82) is 0 Å². The summed E-state index contributed by atoms with van der Waals surface area (Å²) < 4.78 is 0. The second-order valence-corrected chi connectivity index (χ2v) is 4.65. The second kappa shape index (κ2) is 4.89. The van der Waals surface area contributed by atoms with Gasteiger partial charge in [-0.25, -0.2) is 15.0 Å². The van der Waals surface area contributed by atoms with Crippen molar-refractivity contribution < 1.29 is 5.11 Å². The molecular weight excluding hydrogens is 230 g/mol. The fourth-order valence-corrected chi connectivity index (χ4v) is 2.71. The zero-order chi connectivity index (χ0) is 12.4. The molecule has 0 bridgehead atoms. The lowest BCUT2D eigenvalue weighted by atomic mass is 10.1. The lowest BCUT2D eigenvalue weighted by molar-refractivity contribution is 0.279. The number of hydrogen-bond donors (Lipinski definition) is 2. The minimum absolute atomic E-state index is 0.258. The van der Waals surface area contributed by atoms with Crippen LogP contribution in [0.5, 0.6) is 0 Å². The maximum absolute atomic E-state index is 8.96. The van der Waals surface area contributed by atoms with E-state index in [0.717, 1.165) is 30.7 Å². The molecule has 1 unspecified atom stereocenters. The Bertz CT molecular complexity index is 526. The number of rotatable bonds is 4. The molecule has 1 atom stereocenters. The molecule has 0 amide bonds. The summed E-state index contributed by atoms with van der Waals surface area (Å²) in [6, 6.07) is 0.471. The first-order valence-corrected chi connectivity index (χ1v) is 6.41. The molecule has 1 fully saturated rings. The first-order chi connectivity index (χ1) is 8.90. The molecule has 0 aliphatic carbocycles. The summed E-state index contributed by atoms with van der Waals surface area (Å²) in [5.74, 6) is 0.943. The molecule has 2 aromatic heterocycles. The van der Waals surface area contributed by atoms with E-state index in [-0.39, 0.29) is 6.61 Å². The maximum Gasteiger partial charge on any atom is 0.182 e. The number of fused-ring (bicyclic) bond motifs is 1. The Labute approximate surface area is 105 Å². The Kier molecular flexibility index (Phi) is 3.10. The number of aromatic amines is 1. The highest BCUT2D eigenvalue weighted by atomic mass is 16.2. The molecule has 0 spiro atoms. The summed E-state index contributed by atoms with van der Waals surface area (Å²) in [4.78, 5) is 18.1. The third-order valence-corrected chi connectivity index (χ3v) is 3.55. The molecule has 0 saturated carbocycles. The first kappa shape index (κ1) is 11.4. The molecule has 6 heteroatoms. The Morgan fingerprint density at radius 1 is 1.39 bits per heavy atom. The van der Waals surface area contributed by atoms with E-state index in [4.69, 9.17) is 5.11 Å². The van der Waals surface area contributed by atoms with Gasteiger partial charge in [0, 0.05) is 19.2 Å². The monoisotopic (exact) mass is 247 g/mol. The van der Waals surface area contributed by atoms with Gasteiger partial charge in [-0.3, -0.25) is 0 Å². The van der Waals surface area contributed by atoms with Crippen LogP contribution in [0.2, 0.25) is 0 Å². The molecule has 1 aliphatic heterocycles. The summed E-state index contributed by atoms with van der Waals surface area (Å²) in [5.41, 5.74) is 1.63. The average Bonchev–Trinajstić information content (AvgIpc) is 3.04. The van der Waals surface area contributed by atoms with Crippen molar-refractivity contribution in [3.63, 3.8) is 0 Å². The Morgan fingerprint density at radius 2 is 2.33 bits per heavy atom. The minimum Gasteiger partial charge on any atom is -0.396 e. The van der Waals surface area contributed by atoms with E-state index in [1.165, 1.54) is 12.8 Å². The van der Waals surface area contributed by atoms with E-state index >= 15 is 0 Å². The number of imidazole rings is 1. The van der Waals surface area contributed by atoms with E-state index in [9.17, 15) is 0 Å². The van der Waals surface area contributed by atoms with Crippen molar-refractivity contribution in [2.45, 2.75) is 31.7 Å². The van der Waals surface area contributed by atoms with Gasteiger partial charge < -0.3 is 15.0 Å². The fourth-order valence-electron chi connectivity index (χ4n) is 2.71. The van der Waals surface area contributed by atoms with Crippen molar-refractivity contribution in [2.24, 2.45) is 0 Å². The summed E-state index contributed by atoms with van der Waals surface area (Å²) in [7, 11) is 0. The van der Waals surface area contributed by atoms with Crippen LogP contribution in [0.15, 0.2) is 12.7 Å². The van der Waals surface area contributed by atoms with E-state index in [1.54, 1.807) is 12.7 Å². The number of nitrogens with one attached hydrogen (secondary N) is 1.